The Kier molecular flexibility index (Phi) is 9.63. The maximum Gasteiger partial charge on any atom is 0.188 e. The Balaban J connectivity index is 3.25. The number of alkyl halides is 1. The molecule has 0 aromatic rings. The second kappa shape index (κ2) is 10.2. The van der Waals surface area contributed by atoms with Gasteiger partial charge in [0.2, 0.25) is 0 Å². The molecule has 0 aromatic carbocycles. The first kappa shape index (κ1) is 13.2. The van der Waals surface area contributed by atoms with Gasteiger partial charge in [-0.2, -0.15) is 0 Å². The quantitative estimate of drug-likeness (QED) is 0.348. The highest BCUT2D eigenvalue weighted by molar-refractivity contribution is 5.77. The van der Waals surface area contributed by atoms with Gasteiger partial charge in [-0.1, -0.05) is 0 Å². The van der Waals surface area contributed by atoms with E-state index < -0.39 is 0 Å². The van der Waals surface area contributed by atoms with Crippen molar-refractivity contribution in [2.24, 2.45) is 10.7 Å². The van der Waals surface area contributed by atoms with Crippen LogP contribution in [0, 0.1) is 0 Å². The Morgan fingerprint density at radius 3 is 2.93 bits per heavy atom. The zero-order valence-electron chi connectivity index (χ0n) is 8.76. The fourth-order valence-corrected chi connectivity index (χ4v) is 0.850. The molecule has 0 aromatic heterocycles. The summed E-state index contributed by atoms with van der Waals surface area (Å²) in [6.45, 7) is 4.26. The third-order valence-electron chi connectivity index (χ3n) is 1.55. The Labute approximate surface area is 84.7 Å². The molecule has 0 rings (SSSR count). The van der Waals surface area contributed by atoms with Gasteiger partial charge in [-0.3, -0.25) is 9.38 Å². The number of nitrogens with one attached hydrogen (secondary N) is 1. The average molecular weight is 205 g/mol. The molecule has 0 aliphatic heterocycles. The molecule has 0 aliphatic rings. The van der Waals surface area contributed by atoms with Gasteiger partial charge in [0.15, 0.2) is 5.96 Å². The minimum absolute atomic E-state index is 0.346. The Morgan fingerprint density at radius 2 is 2.29 bits per heavy atom. The highest BCUT2D eigenvalue weighted by atomic mass is 19.1. The second-order valence-corrected chi connectivity index (χ2v) is 2.79. The summed E-state index contributed by atoms with van der Waals surface area (Å²) in [5.74, 6) is 0.384. The smallest absolute Gasteiger partial charge is 0.188 e. The van der Waals surface area contributed by atoms with Crippen LogP contribution in [0.3, 0.4) is 0 Å². The van der Waals surface area contributed by atoms with E-state index in [2.05, 4.69) is 10.3 Å². The normalized spacial score (nSPS) is 11.7. The SMILES string of the molecule is CCOCCCNC(N)=NCCCF. The molecular formula is C9H20FN3O. The summed E-state index contributed by atoms with van der Waals surface area (Å²) in [4.78, 5) is 3.93. The summed E-state index contributed by atoms with van der Waals surface area (Å²) in [5, 5.41) is 2.93. The van der Waals surface area contributed by atoms with Gasteiger partial charge < -0.3 is 15.8 Å². The number of ether oxygens (including phenoxy) is 1. The number of nitrogens with two attached hydrogens (primary N) is 1. The van der Waals surface area contributed by atoms with E-state index >= 15 is 0 Å². The van der Waals surface area contributed by atoms with Crippen LogP contribution >= 0.6 is 0 Å². The molecule has 0 heterocycles. The predicted octanol–water partition coefficient (Wildman–Crippen LogP) is 0.677. The number of hydrogen-bond acceptors (Lipinski definition) is 2. The van der Waals surface area contributed by atoms with E-state index in [1.165, 1.54) is 0 Å². The molecule has 3 N–H and O–H groups in total. The van der Waals surface area contributed by atoms with E-state index in [1.807, 2.05) is 6.92 Å². The van der Waals surface area contributed by atoms with Crippen LogP contribution in [0.1, 0.15) is 19.8 Å². The molecule has 4 nitrogen and oxygen atoms in total. The van der Waals surface area contributed by atoms with Gasteiger partial charge in [0, 0.05) is 26.3 Å². The van der Waals surface area contributed by atoms with E-state index in [0.29, 0.717) is 18.9 Å². The summed E-state index contributed by atoms with van der Waals surface area (Å²) in [6.07, 6.45) is 1.33. The molecular weight excluding hydrogens is 185 g/mol. The molecule has 84 valence electrons. The standard InChI is InChI=1S/C9H20FN3O/c1-2-14-8-4-7-13-9(11)12-6-3-5-10/h2-8H2,1H3,(H3,11,12,13). The van der Waals surface area contributed by atoms with Crippen LogP contribution < -0.4 is 11.1 Å². The minimum Gasteiger partial charge on any atom is -0.382 e. The summed E-state index contributed by atoms with van der Waals surface area (Å²) in [6, 6.07) is 0. The molecule has 0 amide bonds. The van der Waals surface area contributed by atoms with Crippen molar-refractivity contribution >= 4 is 5.96 Å². The zero-order chi connectivity index (χ0) is 10.6. The Hall–Kier alpha value is -0.840. The predicted molar refractivity (Wildman–Crippen MR) is 56.2 cm³/mol. The fourth-order valence-electron chi connectivity index (χ4n) is 0.850. The number of halogens is 1. The third kappa shape index (κ3) is 9.25. The van der Waals surface area contributed by atoms with E-state index in [0.717, 1.165) is 26.2 Å². The van der Waals surface area contributed by atoms with Crippen molar-refractivity contribution in [1.29, 1.82) is 0 Å². The molecule has 0 atom stereocenters. The van der Waals surface area contributed by atoms with Crippen molar-refractivity contribution in [3.8, 4) is 0 Å². The largest absolute Gasteiger partial charge is 0.382 e. The summed E-state index contributed by atoms with van der Waals surface area (Å²) < 4.78 is 16.8. The molecule has 5 heteroatoms. The van der Waals surface area contributed by atoms with Gasteiger partial charge in [0.05, 0.1) is 6.67 Å². The van der Waals surface area contributed by atoms with E-state index in [9.17, 15) is 4.39 Å². The molecule has 0 aliphatic carbocycles. The lowest BCUT2D eigenvalue weighted by molar-refractivity contribution is 0.145. The van der Waals surface area contributed by atoms with Crippen molar-refractivity contribution in [3.63, 3.8) is 0 Å². The van der Waals surface area contributed by atoms with Gasteiger partial charge in [-0.05, 0) is 19.8 Å². The van der Waals surface area contributed by atoms with Crippen LogP contribution in [0.5, 0.6) is 0 Å². The van der Waals surface area contributed by atoms with Gasteiger partial charge in [-0.15, -0.1) is 0 Å². The highest BCUT2D eigenvalue weighted by Crippen LogP contribution is 1.82. The Bertz CT molecular complexity index is 153. The van der Waals surface area contributed by atoms with Crippen molar-refractivity contribution in [1.82, 2.24) is 5.32 Å². The zero-order valence-corrected chi connectivity index (χ0v) is 8.76. The monoisotopic (exact) mass is 205 g/mol. The Morgan fingerprint density at radius 1 is 1.50 bits per heavy atom. The van der Waals surface area contributed by atoms with Crippen LogP contribution in [0.25, 0.3) is 0 Å². The molecule has 0 spiro atoms. The second-order valence-electron chi connectivity index (χ2n) is 2.79. The molecule has 0 saturated heterocycles. The topological polar surface area (TPSA) is 59.6 Å². The maximum atomic E-state index is 11.7. The first-order valence-electron chi connectivity index (χ1n) is 4.98. The summed E-state index contributed by atoms with van der Waals surface area (Å²) in [7, 11) is 0. The number of aliphatic imine (C=N–C) groups is 1. The van der Waals surface area contributed by atoms with Gasteiger partial charge in [-0.25, -0.2) is 0 Å². The summed E-state index contributed by atoms with van der Waals surface area (Å²) in [5.41, 5.74) is 5.50. The third-order valence-corrected chi connectivity index (χ3v) is 1.55. The summed E-state index contributed by atoms with van der Waals surface area (Å²) >= 11 is 0. The van der Waals surface area contributed by atoms with Crippen LogP contribution in [0.15, 0.2) is 4.99 Å². The molecule has 0 bridgehead atoms. The van der Waals surface area contributed by atoms with Crippen molar-refractivity contribution in [3.05, 3.63) is 0 Å². The number of nitrogens with zero attached hydrogens (tertiary/aromatic N) is 1. The molecule has 14 heavy (non-hydrogen) atoms. The lowest BCUT2D eigenvalue weighted by Crippen LogP contribution is -2.33. The first-order chi connectivity index (χ1) is 6.81. The molecule has 0 saturated carbocycles. The van der Waals surface area contributed by atoms with E-state index in [4.69, 9.17) is 10.5 Å². The highest BCUT2D eigenvalue weighted by Gasteiger charge is 1.91. The molecule has 0 radical (unpaired) electrons. The van der Waals surface area contributed by atoms with Crippen LogP contribution in [-0.4, -0.2) is 38.9 Å². The number of hydrogen-bond donors (Lipinski definition) is 2. The lowest BCUT2D eigenvalue weighted by Gasteiger charge is -2.05. The minimum atomic E-state index is -0.346. The van der Waals surface area contributed by atoms with Crippen molar-refractivity contribution in [2.75, 3.05) is 33.0 Å². The van der Waals surface area contributed by atoms with Crippen molar-refractivity contribution in [2.45, 2.75) is 19.8 Å². The number of guanidine groups is 1. The average Bonchev–Trinajstić information content (AvgIpc) is 2.18. The molecule has 0 fully saturated rings. The maximum absolute atomic E-state index is 11.7. The van der Waals surface area contributed by atoms with Gasteiger partial charge in [0.25, 0.3) is 0 Å². The van der Waals surface area contributed by atoms with Gasteiger partial charge >= 0.3 is 0 Å². The first-order valence-corrected chi connectivity index (χ1v) is 4.98. The molecule has 0 unspecified atom stereocenters. The van der Waals surface area contributed by atoms with Crippen LogP contribution in [0.4, 0.5) is 4.39 Å². The van der Waals surface area contributed by atoms with Crippen molar-refractivity contribution < 1.29 is 9.13 Å². The lowest BCUT2D eigenvalue weighted by atomic mass is 10.4. The van der Waals surface area contributed by atoms with Crippen LogP contribution in [0.2, 0.25) is 0 Å². The fraction of sp³-hybridized carbons (Fsp3) is 0.889. The van der Waals surface area contributed by atoms with E-state index in [-0.39, 0.29) is 6.67 Å². The van der Waals surface area contributed by atoms with E-state index in [1.54, 1.807) is 0 Å². The van der Waals surface area contributed by atoms with Gasteiger partial charge in [0.1, 0.15) is 0 Å². The van der Waals surface area contributed by atoms with Crippen LogP contribution in [-0.2, 0) is 4.74 Å². The number of rotatable bonds is 8.